The van der Waals surface area contributed by atoms with Gasteiger partial charge >= 0.3 is 0 Å². The van der Waals surface area contributed by atoms with E-state index in [0.29, 0.717) is 16.7 Å². The second-order valence-corrected chi connectivity index (χ2v) is 7.82. The summed E-state index contributed by atoms with van der Waals surface area (Å²) in [4.78, 5) is 8.24. The number of nitrogens with zero attached hydrogens (tertiary/aromatic N) is 4. The van der Waals surface area contributed by atoms with Crippen molar-refractivity contribution in [1.29, 1.82) is 0 Å². The summed E-state index contributed by atoms with van der Waals surface area (Å²) >= 11 is 1.45. The van der Waals surface area contributed by atoms with Gasteiger partial charge in [-0.25, -0.2) is 9.37 Å². The molecule has 0 aliphatic carbocycles. The van der Waals surface area contributed by atoms with Gasteiger partial charge in [-0.2, -0.15) is 4.52 Å². The zero-order valence-electron chi connectivity index (χ0n) is 14.3. The number of hydrogen-bond acceptors (Lipinski definition) is 5. The number of likely N-dealkylation sites (tertiary alicyclic amines) is 1. The van der Waals surface area contributed by atoms with Crippen LogP contribution in [-0.4, -0.2) is 37.7 Å². The third kappa shape index (κ3) is 3.02. The topological polar surface area (TPSA) is 53.7 Å². The fourth-order valence-corrected chi connectivity index (χ4v) is 4.65. The molecule has 0 bridgehead atoms. The Morgan fingerprint density at radius 3 is 2.56 bits per heavy atom. The Hall–Kier alpha value is -1.99. The monoisotopic (exact) mass is 360 g/mol. The van der Waals surface area contributed by atoms with Gasteiger partial charge in [0.05, 0.1) is 10.9 Å². The van der Waals surface area contributed by atoms with Gasteiger partial charge in [0.1, 0.15) is 11.6 Å². The van der Waals surface area contributed by atoms with Crippen LogP contribution in [0.1, 0.15) is 42.1 Å². The summed E-state index contributed by atoms with van der Waals surface area (Å²) in [5, 5.41) is 15.0. The highest BCUT2D eigenvalue weighted by Gasteiger charge is 2.31. The molecule has 7 heteroatoms. The van der Waals surface area contributed by atoms with Crippen molar-refractivity contribution >= 4 is 16.3 Å². The van der Waals surface area contributed by atoms with Crippen LogP contribution in [0.4, 0.5) is 4.39 Å². The molecule has 3 aromatic rings. The van der Waals surface area contributed by atoms with Crippen molar-refractivity contribution in [1.82, 2.24) is 19.5 Å². The highest BCUT2D eigenvalue weighted by Crippen LogP contribution is 2.41. The molecule has 0 radical (unpaired) electrons. The average Bonchev–Trinajstić information content (AvgIpc) is 3.09. The zero-order chi connectivity index (χ0) is 17.6. The second-order valence-electron chi connectivity index (χ2n) is 6.82. The van der Waals surface area contributed by atoms with Crippen LogP contribution in [0, 0.1) is 18.7 Å². The lowest BCUT2D eigenvalue weighted by molar-refractivity contribution is 0.157. The van der Waals surface area contributed by atoms with Crippen molar-refractivity contribution in [2.75, 3.05) is 13.1 Å². The Morgan fingerprint density at radius 1 is 1.24 bits per heavy atom. The summed E-state index contributed by atoms with van der Waals surface area (Å²) in [6.45, 7) is 5.99. The van der Waals surface area contributed by atoms with Crippen molar-refractivity contribution in [2.45, 2.75) is 32.7 Å². The van der Waals surface area contributed by atoms with E-state index in [2.05, 4.69) is 21.9 Å². The molecule has 1 aromatic carbocycles. The molecule has 3 heterocycles. The molecule has 0 amide bonds. The number of fused-ring (bicyclic) bond motifs is 1. The lowest BCUT2D eigenvalue weighted by Gasteiger charge is -2.36. The largest absolute Gasteiger partial charge is 0.492 e. The van der Waals surface area contributed by atoms with Crippen molar-refractivity contribution in [2.24, 2.45) is 5.92 Å². The predicted molar refractivity (Wildman–Crippen MR) is 95.5 cm³/mol. The minimum atomic E-state index is -0.253. The molecule has 1 aliphatic rings. The Balaban J connectivity index is 1.79. The molecule has 25 heavy (non-hydrogen) atoms. The Bertz CT molecular complexity index is 881. The fourth-order valence-electron chi connectivity index (χ4n) is 3.49. The number of piperidine rings is 1. The van der Waals surface area contributed by atoms with E-state index in [1.54, 1.807) is 12.1 Å². The second kappa shape index (κ2) is 6.38. The number of hydrogen-bond donors (Lipinski definition) is 1. The van der Waals surface area contributed by atoms with Crippen LogP contribution >= 0.6 is 11.3 Å². The Morgan fingerprint density at radius 2 is 1.92 bits per heavy atom. The van der Waals surface area contributed by atoms with E-state index in [0.717, 1.165) is 36.4 Å². The van der Waals surface area contributed by atoms with Gasteiger partial charge in [-0.05, 0) is 56.5 Å². The van der Waals surface area contributed by atoms with Crippen molar-refractivity contribution in [3.63, 3.8) is 0 Å². The number of rotatable bonds is 3. The number of aromatic hydroxyl groups is 1. The van der Waals surface area contributed by atoms with E-state index in [-0.39, 0.29) is 17.7 Å². The van der Waals surface area contributed by atoms with Gasteiger partial charge in [0.25, 0.3) is 0 Å². The van der Waals surface area contributed by atoms with E-state index in [1.807, 2.05) is 6.92 Å². The molecule has 2 aromatic heterocycles. The van der Waals surface area contributed by atoms with Gasteiger partial charge in [-0.3, -0.25) is 4.90 Å². The zero-order valence-corrected chi connectivity index (χ0v) is 15.1. The lowest BCUT2D eigenvalue weighted by atomic mass is 9.95. The van der Waals surface area contributed by atoms with Crippen LogP contribution in [-0.2, 0) is 0 Å². The van der Waals surface area contributed by atoms with Crippen LogP contribution in [0.15, 0.2) is 24.3 Å². The maximum Gasteiger partial charge on any atom is 0.230 e. The van der Waals surface area contributed by atoms with Gasteiger partial charge < -0.3 is 5.11 Å². The van der Waals surface area contributed by atoms with Crippen molar-refractivity contribution in [3.05, 3.63) is 46.3 Å². The van der Waals surface area contributed by atoms with Gasteiger partial charge in [0.2, 0.25) is 10.8 Å². The summed E-state index contributed by atoms with van der Waals surface area (Å²) in [6.07, 6.45) is 2.25. The quantitative estimate of drug-likeness (QED) is 0.773. The minimum absolute atomic E-state index is 0.109. The van der Waals surface area contributed by atoms with Gasteiger partial charge in [-0.1, -0.05) is 30.4 Å². The number of thiazole rings is 1. The first-order valence-corrected chi connectivity index (χ1v) is 9.39. The molecule has 1 N–H and O–H groups in total. The first-order chi connectivity index (χ1) is 12.0. The highest BCUT2D eigenvalue weighted by atomic mass is 32.1. The molecule has 1 aliphatic heterocycles. The lowest BCUT2D eigenvalue weighted by Crippen LogP contribution is -2.36. The molecule has 132 valence electrons. The third-order valence-electron chi connectivity index (χ3n) is 4.92. The number of benzene rings is 1. The van der Waals surface area contributed by atoms with Crippen molar-refractivity contribution in [3.8, 4) is 5.88 Å². The third-order valence-corrected chi connectivity index (χ3v) is 6.00. The molecule has 4 rings (SSSR count). The molecule has 0 unspecified atom stereocenters. The fraction of sp³-hybridized carbons (Fsp3) is 0.444. The summed E-state index contributed by atoms with van der Waals surface area (Å²) in [6, 6.07) is 6.46. The molecule has 0 saturated carbocycles. The van der Waals surface area contributed by atoms with Crippen molar-refractivity contribution < 1.29 is 9.50 Å². The Labute approximate surface area is 149 Å². The normalized spacial score (nSPS) is 18.0. The van der Waals surface area contributed by atoms with Crippen LogP contribution in [0.5, 0.6) is 5.88 Å². The van der Waals surface area contributed by atoms with E-state index < -0.39 is 0 Å². The average molecular weight is 360 g/mol. The molecule has 1 fully saturated rings. The maximum absolute atomic E-state index is 13.4. The SMILES string of the molecule is Cc1nc2sc([C@@H](c3ccc(F)cc3)N3CCC(C)CC3)c(O)n2n1. The Kier molecular flexibility index (Phi) is 4.21. The van der Waals surface area contributed by atoms with Gasteiger partial charge in [0.15, 0.2) is 0 Å². The molecule has 1 atom stereocenters. The van der Waals surface area contributed by atoms with E-state index in [4.69, 9.17) is 0 Å². The highest BCUT2D eigenvalue weighted by molar-refractivity contribution is 7.17. The first-order valence-electron chi connectivity index (χ1n) is 8.57. The van der Waals surface area contributed by atoms with E-state index >= 15 is 0 Å². The summed E-state index contributed by atoms with van der Waals surface area (Å²) < 4.78 is 14.9. The summed E-state index contributed by atoms with van der Waals surface area (Å²) in [5.41, 5.74) is 0.979. The molecule has 1 saturated heterocycles. The van der Waals surface area contributed by atoms with E-state index in [9.17, 15) is 9.50 Å². The molecule has 0 spiro atoms. The van der Waals surface area contributed by atoms with Gasteiger partial charge in [-0.15, -0.1) is 5.10 Å². The minimum Gasteiger partial charge on any atom is -0.492 e. The van der Waals surface area contributed by atoms with Crippen LogP contribution in [0.25, 0.3) is 4.96 Å². The van der Waals surface area contributed by atoms with Crippen LogP contribution < -0.4 is 0 Å². The number of halogens is 1. The number of aryl methyl sites for hydroxylation is 1. The van der Waals surface area contributed by atoms with Gasteiger partial charge in [0, 0.05) is 0 Å². The summed E-state index contributed by atoms with van der Waals surface area (Å²) in [5.74, 6) is 1.23. The predicted octanol–water partition coefficient (Wildman–Crippen LogP) is 3.77. The smallest absolute Gasteiger partial charge is 0.230 e. The number of aromatic nitrogens is 3. The summed E-state index contributed by atoms with van der Waals surface area (Å²) in [7, 11) is 0. The standard InChI is InChI=1S/C18H21FN4OS/c1-11-7-9-22(10-8-11)15(13-3-5-14(19)6-4-13)16-17(24)23-18(25-16)20-12(2)21-23/h3-6,11,15,24H,7-10H2,1-2H3/t15-/m1/s1. The molecule has 5 nitrogen and oxygen atoms in total. The maximum atomic E-state index is 13.4. The van der Waals surface area contributed by atoms with Crippen LogP contribution in [0.3, 0.4) is 0 Å². The molecular weight excluding hydrogens is 339 g/mol. The molecular formula is C18H21FN4OS. The first kappa shape index (κ1) is 16.5. The van der Waals surface area contributed by atoms with E-state index in [1.165, 1.54) is 28.0 Å². The van der Waals surface area contributed by atoms with Crippen LogP contribution in [0.2, 0.25) is 0 Å².